The minimum Gasteiger partial charge on any atom is -0.369 e. The molecule has 1 heterocycles. The van der Waals surface area contributed by atoms with Crippen LogP contribution in [0.15, 0.2) is 30.3 Å². The minimum atomic E-state index is -0.310. The lowest BCUT2D eigenvalue weighted by molar-refractivity contribution is -0.129. The molecule has 0 spiro atoms. The molecule has 1 atom stereocenters. The van der Waals surface area contributed by atoms with E-state index in [0.29, 0.717) is 0 Å². The highest BCUT2D eigenvalue weighted by Crippen LogP contribution is 2.20. The van der Waals surface area contributed by atoms with E-state index < -0.39 is 0 Å². The summed E-state index contributed by atoms with van der Waals surface area (Å²) in [6.07, 6.45) is 2.20. The van der Waals surface area contributed by atoms with Crippen LogP contribution in [0.2, 0.25) is 0 Å². The van der Waals surface area contributed by atoms with Crippen molar-refractivity contribution in [3.63, 3.8) is 0 Å². The molecule has 1 unspecified atom stereocenters. The van der Waals surface area contributed by atoms with Crippen LogP contribution < -0.4 is 10.2 Å². The molecule has 3 nitrogen and oxygen atoms in total. The molecular weight excluding hydrogens is 236 g/mol. The van der Waals surface area contributed by atoms with Crippen LogP contribution in [0, 0.1) is 5.41 Å². The van der Waals surface area contributed by atoms with E-state index in [1.54, 1.807) is 0 Å². The van der Waals surface area contributed by atoms with E-state index in [-0.39, 0.29) is 17.4 Å². The van der Waals surface area contributed by atoms with Crippen molar-refractivity contribution < 1.29 is 4.79 Å². The van der Waals surface area contributed by atoms with Gasteiger partial charge in [-0.2, -0.15) is 0 Å². The van der Waals surface area contributed by atoms with E-state index >= 15 is 0 Å². The van der Waals surface area contributed by atoms with Gasteiger partial charge in [0.1, 0.15) is 0 Å². The maximum atomic E-state index is 12.0. The summed E-state index contributed by atoms with van der Waals surface area (Å²) in [6.45, 7) is 7.86. The number of nitrogens with zero attached hydrogens (tertiary/aromatic N) is 1. The Morgan fingerprint density at radius 1 is 1.26 bits per heavy atom. The van der Waals surface area contributed by atoms with E-state index in [0.717, 1.165) is 25.9 Å². The van der Waals surface area contributed by atoms with E-state index in [9.17, 15) is 4.79 Å². The summed E-state index contributed by atoms with van der Waals surface area (Å²) in [5, 5.41) is 3.18. The van der Waals surface area contributed by atoms with Gasteiger partial charge in [0.15, 0.2) is 0 Å². The number of benzene rings is 1. The van der Waals surface area contributed by atoms with Gasteiger partial charge in [-0.05, 0) is 25.0 Å². The maximum Gasteiger partial charge on any atom is 0.225 e. The molecule has 3 heteroatoms. The molecule has 1 amide bonds. The predicted octanol–water partition coefficient (Wildman–Crippen LogP) is 2.82. The van der Waals surface area contributed by atoms with Crippen LogP contribution >= 0.6 is 0 Å². The normalized spacial score (nSPS) is 20.2. The number of nitrogens with one attached hydrogen (secondary N) is 1. The molecule has 1 aliphatic rings. The van der Waals surface area contributed by atoms with E-state index in [1.165, 1.54) is 5.69 Å². The average Bonchev–Trinajstić information content (AvgIpc) is 2.39. The molecule has 1 N–H and O–H groups in total. The molecule has 1 aliphatic heterocycles. The fraction of sp³-hybridized carbons (Fsp3) is 0.562. The summed E-state index contributed by atoms with van der Waals surface area (Å²) in [7, 11) is 0. The van der Waals surface area contributed by atoms with Crippen LogP contribution in [-0.4, -0.2) is 25.0 Å². The third kappa shape index (κ3) is 3.72. The largest absolute Gasteiger partial charge is 0.369 e. The van der Waals surface area contributed by atoms with Crippen molar-refractivity contribution in [2.45, 2.75) is 39.7 Å². The van der Waals surface area contributed by atoms with Crippen molar-refractivity contribution in [1.82, 2.24) is 5.32 Å². The summed E-state index contributed by atoms with van der Waals surface area (Å²) in [5.74, 6) is 0.146. The van der Waals surface area contributed by atoms with Gasteiger partial charge in [-0.3, -0.25) is 4.79 Å². The Morgan fingerprint density at radius 3 is 2.58 bits per heavy atom. The second kappa shape index (κ2) is 5.64. The number of rotatable bonds is 2. The van der Waals surface area contributed by atoms with Crippen molar-refractivity contribution in [1.29, 1.82) is 0 Å². The molecule has 2 rings (SSSR count). The van der Waals surface area contributed by atoms with Gasteiger partial charge in [0.25, 0.3) is 0 Å². The second-order valence-corrected chi connectivity index (χ2v) is 6.34. The number of anilines is 1. The van der Waals surface area contributed by atoms with Gasteiger partial charge in [0, 0.05) is 30.2 Å². The third-order valence-corrected chi connectivity index (χ3v) is 3.56. The van der Waals surface area contributed by atoms with Crippen molar-refractivity contribution in [3.05, 3.63) is 30.3 Å². The first kappa shape index (κ1) is 13.9. The van der Waals surface area contributed by atoms with E-state index in [1.807, 2.05) is 26.8 Å². The SMILES string of the molecule is CC(C)(C)C(=O)NC1CCCN(c2ccccc2)C1. The zero-order valence-electron chi connectivity index (χ0n) is 12.1. The van der Waals surface area contributed by atoms with Gasteiger partial charge >= 0.3 is 0 Å². The lowest BCUT2D eigenvalue weighted by Gasteiger charge is -2.36. The Kier molecular flexibility index (Phi) is 4.13. The Morgan fingerprint density at radius 2 is 1.95 bits per heavy atom. The first-order chi connectivity index (χ1) is 8.97. The Labute approximate surface area is 116 Å². The zero-order chi connectivity index (χ0) is 13.9. The number of carbonyl (C=O) groups excluding carboxylic acids is 1. The molecule has 0 saturated carbocycles. The van der Waals surface area contributed by atoms with Gasteiger partial charge in [-0.15, -0.1) is 0 Å². The molecule has 1 saturated heterocycles. The van der Waals surface area contributed by atoms with Crippen LogP contribution in [0.25, 0.3) is 0 Å². The average molecular weight is 260 g/mol. The van der Waals surface area contributed by atoms with Gasteiger partial charge in [-0.25, -0.2) is 0 Å². The van der Waals surface area contributed by atoms with E-state index in [2.05, 4.69) is 34.5 Å². The number of amides is 1. The van der Waals surface area contributed by atoms with Crippen molar-refractivity contribution in [3.8, 4) is 0 Å². The lowest BCUT2D eigenvalue weighted by atomic mass is 9.94. The molecule has 0 bridgehead atoms. The summed E-state index contributed by atoms with van der Waals surface area (Å²) in [6, 6.07) is 10.7. The Bertz CT molecular complexity index is 422. The molecule has 0 radical (unpaired) electrons. The highest BCUT2D eigenvalue weighted by atomic mass is 16.2. The highest BCUT2D eigenvalue weighted by molar-refractivity contribution is 5.81. The topological polar surface area (TPSA) is 32.3 Å². The van der Waals surface area contributed by atoms with Crippen molar-refractivity contribution in [2.75, 3.05) is 18.0 Å². The van der Waals surface area contributed by atoms with Gasteiger partial charge in [0.2, 0.25) is 5.91 Å². The number of hydrogen-bond donors (Lipinski definition) is 1. The van der Waals surface area contributed by atoms with Crippen molar-refractivity contribution in [2.24, 2.45) is 5.41 Å². The van der Waals surface area contributed by atoms with Crippen LogP contribution in [-0.2, 0) is 4.79 Å². The quantitative estimate of drug-likeness (QED) is 0.887. The predicted molar refractivity (Wildman–Crippen MR) is 79.3 cm³/mol. The van der Waals surface area contributed by atoms with Gasteiger partial charge in [-0.1, -0.05) is 39.0 Å². The van der Waals surface area contributed by atoms with Crippen molar-refractivity contribution >= 4 is 11.6 Å². The lowest BCUT2D eigenvalue weighted by Crippen LogP contribution is -2.50. The monoisotopic (exact) mass is 260 g/mol. The summed E-state index contributed by atoms with van der Waals surface area (Å²) >= 11 is 0. The number of carbonyl (C=O) groups is 1. The maximum absolute atomic E-state index is 12.0. The molecule has 1 aromatic carbocycles. The minimum absolute atomic E-state index is 0.146. The molecular formula is C16H24N2O. The Hall–Kier alpha value is -1.51. The van der Waals surface area contributed by atoms with Crippen LogP contribution in [0.4, 0.5) is 5.69 Å². The zero-order valence-corrected chi connectivity index (χ0v) is 12.1. The van der Waals surface area contributed by atoms with Gasteiger partial charge in [0.05, 0.1) is 0 Å². The van der Waals surface area contributed by atoms with Gasteiger partial charge < -0.3 is 10.2 Å². The second-order valence-electron chi connectivity index (χ2n) is 6.34. The molecule has 1 aromatic rings. The molecule has 104 valence electrons. The highest BCUT2D eigenvalue weighted by Gasteiger charge is 2.26. The smallest absolute Gasteiger partial charge is 0.225 e. The molecule has 0 aromatic heterocycles. The summed E-state index contributed by atoms with van der Waals surface area (Å²) in [5.41, 5.74) is 0.937. The first-order valence-electron chi connectivity index (χ1n) is 7.08. The summed E-state index contributed by atoms with van der Waals surface area (Å²) in [4.78, 5) is 14.4. The number of hydrogen-bond acceptors (Lipinski definition) is 2. The third-order valence-electron chi connectivity index (χ3n) is 3.56. The molecule has 1 fully saturated rings. The van der Waals surface area contributed by atoms with E-state index in [4.69, 9.17) is 0 Å². The first-order valence-corrected chi connectivity index (χ1v) is 7.08. The van der Waals surface area contributed by atoms with Crippen LogP contribution in [0.3, 0.4) is 0 Å². The van der Waals surface area contributed by atoms with Crippen LogP contribution in [0.5, 0.6) is 0 Å². The number of piperidine rings is 1. The fourth-order valence-corrected chi connectivity index (χ4v) is 2.37. The molecule has 0 aliphatic carbocycles. The molecule has 19 heavy (non-hydrogen) atoms. The Balaban J connectivity index is 1.96. The fourth-order valence-electron chi connectivity index (χ4n) is 2.37. The van der Waals surface area contributed by atoms with Crippen LogP contribution in [0.1, 0.15) is 33.6 Å². The summed E-state index contributed by atoms with van der Waals surface area (Å²) < 4.78 is 0. The standard InChI is InChI=1S/C16H24N2O/c1-16(2,3)15(19)17-13-8-7-11-18(12-13)14-9-5-4-6-10-14/h4-6,9-10,13H,7-8,11-12H2,1-3H3,(H,17,19). The number of para-hydroxylation sites is 1.